The Hall–Kier alpha value is -2.94. The summed E-state index contributed by atoms with van der Waals surface area (Å²) in [5.41, 5.74) is 2.68. The first-order chi connectivity index (χ1) is 16.3. The number of halogens is 1. The maximum atomic E-state index is 12.7. The summed E-state index contributed by atoms with van der Waals surface area (Å²) < 4.78 is 0. The standard InChI is InChI=1S/C25H29ClN2O6/c26-19-5-3-4-18(13-19)17-9-7-16(8-10-17)12-20(14-22(30)25(33)34)27-23(31)24(32)28-11-2-1-6-21(28)15-29/h3-5,7-10,13,20-22,29-30H,1-2,6,11-12,14-15H2,(H,27,31)(H,33,34)/t20-,21+,22-/m1/s1. The van der Waals surface area contributed by atoms with Gasteiger partial charge in [0.1, 0.15) is 0 Å². The van der Waals surface area contributed by atoms with Gasteiger partial charge in [-0.05, 0) is 54.5 Å². The number of hydrogen-bond donors (Lipinski definition) is 4. The van der Waals surface area contributed by atoms with Gasteiger partial charge < -0.3 is 25.5 Å². The van der Waals surface area contributed by atoms with Crippen LogP contribution >= 0.6 is 11.6 Å². The van der Waals surface area contributed by atoms with E-state index in [0.29, 0.717) is 18.0 Å². The molecule has 1 aliphatic rings. The first kappa shape index (κ1) is 25.7. The van der Waals surface area contributed by atoms with Crippen LogP contribution in [0.1, 0.15) is 31.2 Å². The molecule has 0 aliphatic carbocycles. The maximum absolute atomic E-state index is 12.7. The van der Waals surface area contributed by atoms with Gasteiger partial charge in [0.25, 0.3) is 0 Å². The summed E-state index contributed by atoms with van der Waals surface area (Å²) in [5.74, 6) is -3.04. The third-order valence-corrected chi connectivity index (χ3v) is 6.25. The number of piperidine rings is 1. The predicted molar refractivity (Wildman–Crippen MR) is 127 cm³/mol. The summed E-state index contributed by atoms with van der Waals surface area (Å²) in [6, 6.07) is 13.7. The summed E-state index contributed by atoms with van der Waals surface area (Å²) in [4.78, 5) is 38.0. The van der Waals surface area contributed by atoms with Gasteiger partial charge in [0.15, 0.2) is 6.10 Å². The van der Waals surface area contributed by atoms with Crippen molar-refractivity contribution in [2.45, 2.75) is 50.3 Å². The SMILES string of the molecule is O=C(N[C@H](Cc1ccc(-c2cccc(Cl)c2)cc1)C[C@@H](O)C(=O)O)C(=O)N1CCCC[C@H]1CO. The summed E-state index contributed by atoms with van der Waals surface area (Å²) in [5, 5.41) is 31.8. The van der Waals surface area contributed by atoms with Crippen molar-refractivity contribution in [3.8, 4) is 11.1 Å². The van der Waals surface area contributed by atoms with E-state index >= 15 is 0 Å². The number of carboxylic acids is 1. The van der Waals surface area contributed by atoms with E-state index in [2.05, 4.69) is 5.32 Å². The topological polar surface area (TPSA) is 127 Å². The Kier molecular flexibility index (Phi) is 9.04. The summed E-state index contributed by atoms with van der Waals surface area (Å²) >= 11 is 6.06. The van der Waals surface area contributed by atoms with Crippen LogP contribution in [0.25, 0.3) is 11.1 Å². The Balaban J connectivity index is 1.72. The molecule has 0 aromatic heterocycles. The predicted octanol–water partition coefficient (Wildman–Crippen LogP) is 2.24. The number of carboxylic acid groups (broad SMARTS) is 1. The minimum atomic E-state index is -1.69. The number of nitrogens with zero attached hydrogens (tertiary/aromatic N) is 1. The van der Waals surface area contributed by atoms with E-state index < -0.39 is 36.0 Å². The van der Waals surface area contributed by atoms with Crippen LogP contribution in [0.5, 0.6) is 0 Å². The van der Waals surface area contributed by atoms with Gasteiger partial charge in [0.05, 0.1) is 12.6 Å². The smallest absolute Gasteiger partial charge is 0.332 e. The van der Waals surface area contributed by atoms with Gasteiger partial charge in [-0.2, -0.15) is 0 Å². The van der Waals surface area contributed by atoms with Crippen LogP contribution < -0.4 is 5.32 Å². The molecule has 1 heterocycles. The number of aliphatic hydroxyl groups is 2. The number of aliphatic carboxylic acids is 1. The lowest BCUT2D eigenvalue weighted by atomic mass is 9.97. The van der Waals surface area contributed by atoms with Crippen LogP contribution in [0.2, 0.25) is 5.02 Å². The number of rotatable bonds is 8. The molecule has 0 unspecified atom stereocenters. The minimum Gasteiger partial charge on any atom is -0.479 e. The van der Waals surface area contributed by atoms with Gasteiger partial charge in [-0.25, -0.2) is 4.79 Å². The minimum absolute atomic E-state index is 0.223. The Morgan fingerprint density at radius 1 is 1.09 bits per heavy atom. The van der Waals surface area contributed by atoms with E-state index in [1.54, 1.807) is 6.07 Å². The number of nitrogens with one attached hydrogen (secondary N) is 1. The normalized spacial score (nSPS) is 17.6. The second-order valence-electron chi connectivity index (χ2n) is 8.50. The molecule has 0 bridgehead atoms. The highest BCUT2D eigenvalue weighted by Gasteiger charge is 2.32. The highest BCUT2D eigenvalue weighted by molar-refractivity contribution is 6.35. The fraction of sp³-hybridized carbons (Fsp3) is 0.400. The number of carbonyl (C=O) groups excluding carboxylic acids is 2. The Morgan fingerprint density at radius 3 is 2.47 bits per heavy atom. The highest BCUT2D eigenvalue weighted by Crippen LogP contribution is 2.24. The molecule has 34 heavy (non-hydrogen) atoms. The third kappa shape index (κ3) is 6.79. The van der Waals surface area contributed by atoms with Crippen molar-refractivity contribution in [1.29, 1.82) is 0 Å². The molecule has 8 nitrogen and oxygen atoms in total. The van der Waals surface area contributed by atoms with Gasteiger partial charge in [-0.15, -0.1) is 0 Å². The first-order valence-electron chi connectivity index (χ1n) is 11.3. The van der Waals surface area contributed by atoms with Crippen molar-refractivity contribution in [2.24, 2.45) is 0 Å². The lowest BCUT2D eigenvalue weighted by molar-refractivity contribution is -0.150. The molecule has 2 aromatic carbocycles. The zero-order valence-electron chi connectivity index (χ0n) is 18.7. The van der Waals surface area contributed by atoms with Crippen LogP contribution in [0.15, 0.2) is 48.5 Å². The molecule has 2 aromatic rings. The molecule has 3 rings (SSSR count). The lowest BCUT2D eigenvalue weighted by Gasteiger charge is -2.34. The number of amides is 2. The zero-order chi connectivity index (χ0) is 24.7. The molecule has 0 radical (unpaired) electrons. The molecule has 2 amide bonds. The average molecular weight is 489 g/mol. The van der Waals surface area contributed by atoms with Gasteiger partial charge in [-0.1, -0.05) is 48.0 Å². The molecular weight excluding hydrogens is 460 g/mol. The summed E-state index contributed by atoms with van der Waals surface area (Å²) in [6.07, 6.45) is 0.517. The quantitative estimate of drug-likeness (QED) is 0.422. The second-order valence-corrected chi connectivity index (χ2v) is 8.94. The van der Waals surface area contributed by atoms with E-state index in [0.717, 1.165) is 29.5 Å². The van der Waals surface area contributed by atoms with E-state index in [1.807, 2.05) is 42.5 Å². The second kappa shape index (κ2) is 12.0. The van der Waals surface area contributed by atoms with Gasteiger partial charge in [-0.3, -0.25) is 9.59 Å². The number of likely N-dealkylation sites (tertiary alicyclic amines) is 1. The van der Waals surface area contributed by atoms with Crippen LogP contribution in [-0.4, -0.2) is 69.3 Å². The van der Waals surface area contributed by atoms with E-state index in [1.165, 1.54) is 4.90 Å². The van der Waals surface area contributed by atoms with Crippen molar-refractivity contribution in [3.05, 3.63) is 59.1 Å². The monoisotopic (exact) mass is 488 g/mol. The molecule has 9 heteroatoms. The zero-order valence-corrected chi connectivity index (χ0v) is 19.4. The van der Waals surface area contributed by atoms with Crippen molar-refractivity contribution in [3.63, 3.8) is 0 Å². The van der Waals surface area contributed by atoms with Gasteiger partial charge in [0.2, 0.25) is 0 Å². The molecule has 0 spiro atoms. The molecule has 4 N–H and O–H groups in total. The Morgan fingerprint density at radius 2 is 1.82 bits per heavy atom. The van der Waals surface area contributed by atoms with Gasteiger partial charge in [0, 0.05) is 24.0 Å². The lowest BCUT2D eigenvalue weighted by Crippen LogP contribution is -2.53. The van der Waals surface area contributed by atoms with Gasteiger partial charge >= 0.3 is 17.8 Å². The molecule has 1 fully saturated rings. The van der Waals surface area contributed by atoms with E-state index in [4.69, 9.17) is 16.7 Å². The first-order valence-corrected chi connectivity index (χ1v) is 11.6. The third-order valence-electron chi connectivity index (χ3n) is 6.02. The van der Waals surface area contributed by atoms with Crippen LogP contribution in [-0.2, 0) is 20.8 Å². The Labute approximate surface area is 203 Å². The number of carbonyl (C=O) groups is 3. The molecule has 1 saturated heterocycles. The number of aliphatic hydroxyl groups excluding tert-OH is 2. The largest absolute Gasteiger partial charge is 0.479 e. The fourth-order valence-corrected chi connectivity index (χ4v) is 4.38. The molecule has 0 saturated carbocycles. The molecular formula is C25H29ClN2O6. The van der Waals surface area contributed by atoms with Crippen molar-refractivity contribution >= 4 is 29.4 Å². The average Bonchev–Trinajstić information content (AvgIpc) is 2.83. The summed E-state index contributed by atoms with van der Waals surface area (Å²) in [7, 11) is 0. The van der Waals surface area contributed by atoms with Crippen molar-refractivity contribution in [2.75, 3.05) is 13.2 Å². The Bertz CT molecular complexity index is 1010. The van der Waals surface area contributed by atoms with E-state index in [-0.39, 0.29) is 19.4 Å². The van der Waals surface area contributed by atoms with Crippen molar-refractivity contribution in [1.82, 2.24) is 10.2 Å². The van der Waals surface area contributed by atoms with Crippen LogP contribution in [0.3, 0.4) is 0 Å². The molecule has 3 atom stereocenters. The maximum Gasteiger partial charge on any atom is 0.332 e. The van der Waals surface area contributed by atoms with Crippen LogP contribution in [0.4, 0.5) is 0 Å². The molecule has 182 valence electrons. The van der Waals surface area contributed by atoms with Crippen molar-refractivity contribution < 1.29 is 29.7 Å². The van der Waals surface area contributed by atoms with Crippen LogP contribution in [0, 0.1) is 0 Å². The van der Waals surface area contributed by atoms with E-state index in [9.17, 15) is 24.6 Å². The molecule has 1 aliphatic heterocycles. The fourth-order valence-electron chi connectivity index (χ4n) is 4.18. The summed E-state index contributed by atoms with van der Waals surface area (Å²) in [6.45, 7) is 0.157. The number of benzene rings is 2. The number of hydrogen-bond acceptors (Lipinski definition) is 5. The highest BCUT2D eigenvalue weighted by atomic mass is 35.5.